The molecule has 1 unspecified atom stereocenters. The fourth-order valence-electron chi connectivity index (χ4n) is 1.69. The third-order valence-corrected chi connectivity index (χ3v) is 6.05. The second-order valence-electron chi connectivity index (χ2n) is 4.73. The Morgan fingerprint density at radius 3 is 2.76 bits per heavy atom. The molecular weight excluding hydrogens is 328 g/mol. The minimum Gasteiger partial charge on any atom is -0.297 e. The maximum absolute atomic E-state index is 12.2. The van der Waals surface area contributed by atoms with Crippen LogP contribution in [0.2, 0.25) is 0 Å². The molecule has 1 atom stereocenters. The lowest BCUT2D eigenvalue weighted by Gasteiger charge is -2.04. The first-order valence-electron chi connectivity index (χ1n) is 6.37. The fourth-order valence-corrected chi connectivity index (χ4v) is 4.63. The second-order valence-corrected chi connectivity index (χ2v) is 8.49. The van der Waals surface area contributed by atoms with Gasteiger partial charge in [0.25, 0.3) is 5.91 Å². The maximum atomic E-state index is 12.2. The predicted molar refractivity (Wildman–Crippen MR) is 86.2 cm³/mol. The SMILES string of the molecule is CCC(C)c1csc(NC(=O)c2sccc2S(C)(=O)=O)n1. The highest BCUT2D eigenvalue weighted by molar-refractivity contribution is 7.91. The molecule has 0 bridgehead atoms. The largest absolute Gasteiger partial charge is 0.297 e. The molecule has 1 N–H and O–H groups in total. The molecule has 1 amide bonds. The molecule has 0 aromatic carbocycles. The topological polar surface area (TPSA) is 76.1 Å². The van der Waals surface area contributed by atoms with Crippen molar-refractivity contribution >= 4 is 43.5 Å². The fraction of sp³-hybridized carbons (Fsp3) is 0.385. The van der Waals surface area contributed by atoms with Gasteiger partial charge in [0.2, 0.25) is 0 Å². The van der Waals surface area contributed by atoms with Crippen molar-refractivity contribution in [2.24, 2.45) is 0 Å². The summed E-state index contributed by atoms with van der Waals surface area (Å²) < 4.78 is 23.2. The lowest BCUT2D eigenvalue weighted by Crippen LogP contribution is -2.13. The van der Waals surface area contributed by atoms with Crippen LogP contribution in [0.4, 0.5) is 5.13 Å². The molecule has 2 aromatic rings. The van der Waals surface area contributed by atoms with E-state index in [0.717, 1.165) is 29.7 Å². The Morgan fingerprint density at radius 2 is 2.14 bits per heavy atom. The summed E-state index contributed by atoms with van der Waals surface area (Å²) in [5, 5.41) is 6.67. The molecular formula is C13H16N2O3S3. The summed E-state index contributed by atoms with van der Waals surface area (Å²) in [5.74, 6) is -0.101. The molecule has 0 spiro atoms. The molecule has 114 valence electrons. The molecule has 0 aliphatic carbocycles. The molecule has 2 heterocycles. The number of sulfone groups is 1. The van der Waals surface area contributed by atoms with Crippen molar-refractivity contribution in [2.75, 3.05) is 11.6 Å². The van der Waals surface area contributed by atoms with Crippen LogP contribution in [0.5, 0.6) is 0 Å². The van der Waals surface area contributed by atoms with Crippen molar-refractivity contribution < 1.29 is 13.2 Å². The van der Waals surface area contributed by atoms with Gasteiger partial charge in [-0.2, -0.15) is 0 Å². The van der Waals surface area contributed by atoms with E-state index in [9.17, 15) is 13.2 Å². The maximum Gasteiger partial charge on any atom is 0.268 e. The van der Waals surface area contributed by atoms with E-state index >= 15 is 0 Å². The highest BCUT2D eigenvalue weighted by atomic mass is 32.2. The van der Waals surface area contributed by atoms with Crippen molar-refractivity contribution in [3.63, 3.8) is 0 Å². The lowest BCUT2D eigenvalue weighted by atomic mass is 10.1. The van der Waals surface area contributed by atoms with Gasteiger partial charge in [0.05, 0.1) is 10.6 Å². The summed E-state index contributed by atoms with van der Waals surface area (Å²) in [4.78, 5) is 16.8. The molecule has 21 heavy (non-hydrogen) atoms. The van der Waals surface area contributed by atoms with Gasteiger partial charge in [-0.3, -0.25) is 10.1 Å². The van der Waals surface area contributed by atoms with Crippen LogP contribution in [0.15, 0.2) is 21.7 Å². The molecule has 0 saturated heterocycles. The number of thiazole rings is 1. The number of carbonyl (C=O) groups is 1. The predicted octanol–water partition coefficient (Wildman–Crippen LogP) is 3.37. The van der Waals surface area contributed by atoms with Gasteiger partial charge in [0.1, 0.15) is 4.88 Å². The van der Waals surface area contributed by atoms with E-state index in [1.54, 1.807) is 5.38 Å². The van der Waals surface area contributed by atoms with Crippen molar-refractivity contribution in [3.8, 4) is 0 Å². The zero-order chi connectivity index (χ0) is 15.6. The normalized spacial score (nSPS) is 13.1. The number of aromatic nitrogens is 1. The Balaban J connectivity index is 2.19. The van der Waals surface area contributed by atoms with Crippen LogP contribution in [-0.4, -0.2) is 25.6 Å². The van der Waals surface area contributed by atoms with Gasteiger partial charge in [0.15, 0.2) is 15.0 Å². The number of rotatable bonds is 5. The number of thiophene rings is 1. The minimum absolute atomic E-state index is 0.0590. The van der Waals surface area contributed by atoms with E-state index in [1.807, 2.05) is 5.38 Å². The van der Waals surface area contributed by atoms with E-state index in [-0.39, 0.29) is 9.77 Å². The highest BCUT2D eigenvalue weighted by Gasteiger charge is 2.21. The first-order valence-corrected chi connectivity index (χ1v) is 10.0. The number of hydrogen-bond acceptors (Lipinski definition) is 6. The summed E-state index contributed by atoms with van der Waals surface area (Å²) in [5.41, 5.74) is 0.937. The second kappa shape index (κ2) is 6.25. The Bertz CT molecular complexity index is 746. The quantitative estimate of drug-likeness (QED) is 0.902. The first kappa shape index (κ1) is 16.1. The van der Waals surface area contributed by atoms with Gasteiger partial charge >= 0.3 is 0 Å². The van der Waals surface area contributed by atoms with Crippen LogP contribution in [-0.2, 0) is 9.84 Å². The van der Waals surface area contributed by atoms with Gasteiger partial charge in [-0.05, 0) is 23.8 Å². The number of nitrogens with one attached hydrogen (secondary N) is 1. The van der Waals surface area contributed by atoms with Crippen LogP contribution in [0.25, 0.3) is 0 Å². The van der Waals surface area contributed by atoms with Crippen LogP contribution in [0.1, 0.15) is 41.6 Å². The van der Waals surface area contributed by atoms with Crippen LogP contribution >= 0.6 is 22.7 Å². The molecule has 0 fully saturated rings. The molecule has 8 heteroatoms. The van der Waals surface area contributed by atoms with Crippen LogP contribution in [0.3, 0.4) is 0 Å². The van der Waals surface area contributed by atoms with Crippen molar-refractivity contribution in [1.82, 2.24) is 4.98 Å². The van der Waals surface area contributed by atoms with Gasteiger partial charge in [0, 0.05) is 11.6 Å². The summed E-state index contributed by atoms with van der Waals surface area (Å²) in [7, 11) is -3.41. The van der Waals surface area contributed by atoms with Crippen LogP contribution in [0, 0.1) is 0 Å². The Kier molecular flexibility index (Phi) is 4.80. The summed E-state index contributed by atoms with van der Waals surface area (Å²) >= 11 is 2.45. The third kappa shape index (κ3) is 3.69. The minimum atomic E-state index is -3.41. The summed E-state index contributed by atoms with van der Waals surface area (Å²) in [6, 6.07) is 1.45. The Hall–Kier alpha value is -1.25. The Labute approximate surface area is 132 Å². The number of anilines is 1. The van der Waals surface area contributed by atoms with E-state index in [2.05, 4.69) is 24.1 Å². The molecule has 5 nitrogen and oxygen atoms in total. The molecule has 2 rings (SSSR count). The van der Waals surface area contributed by atoms with Gasteiger partial charge in [-0.25, -0.2) is 13.4 Å². The number of hydrogen-bond donors (Lipinski definition) is 1. The van der Waals surface area contributed by atoms with Crippen molar-refractivity contribution in [2.45, 2.75) is 31.1 Å². The average Bonchev–Trinajstić information content (AvgIpc) is 3.05. The van der Waals surface area contributed by atoms with Gasteiger partial charge < -0.3 is 0 Å². The highest BCUT2D eigenvalue weighted by Crippen LogP contribution is 2.26. The molecule has 0 radical (unpaired) electrons. The lowest BCUT2D eigenvalue weighted by molar-refractivity contribution is 0.102. The molecule has 0 aliphatic rings. The van der Waals surface area contributed by atoms with E-state index in [0.29, 0.717) is 11.0 Å². The molecule has 2 aromatic heterocycles. The standard InChI is InChI=1S/C13H16N2O3S3/c1-4-8(2)9-7-20-13(14-9)15-12(16)11-10(5-6-19-11)21(3,17)18/h5-8H,4H2,1-3H3,(H,14,15,16). The monoisotopic (exact) mass is 344 g/mol. The number of amides is 1. The number of nitrogens with zero attached hydrogens (tertiary/aromatic N) is 1. The van der Waals surface area contributed by atoms with Crippen molar-refractivity contribution in [1.29, 1.82) is 0 Å². The third-order valence-electron chi connectivity index (χ3n) is 3.09. The zero-order valence-corrected chi connectivity index (χ0v) is 14.4. The molecule has 0 aliphatic heterocycles. The zero-order valence-electron chi connectivity index (χ0n) is 11.9. The summed E-state index contributed by atoms with van der Waals surface area (Å²) in [6.45, 7) is 4.15. The van der Waals surface area contributed by atoms with Gasteiger partial charge in [-0.1, -0.05) is 13.8 Å². The van der Waals surface area contributed by atoms with E-state index in [1.165, 1.54) is 17.4 Å². The van der Waals surface area contributed by atoms with E-state index in [4.69, 9.17) is 0 Å². The van der Waals surface area contributed by atoms with Crippen molar-refractivity contribution in [3.05, 3.63) is 27.4 Å². The summed E-state index contributed by atoms with van der Waals surface area (Å²) in [6.07, 6.45) is 2.07. The Morgan fingerprint density at radius 1 is 1.43 bits per heavy atom. The molecule has 0 saturated carbocycles. The van der Waals surface area contributed by atoms with Gasteiger partial charge in [-0.15, -0.1) is 22.7 Å². The average molecular weight is 344 g/mol. The van der Waals surface area contributed by atoms with Crippen LogP contribution < -0.4 is 5.32 Å². The first-order chi connectivity index (χ1) is 9.82. The smallest absolute Gasteiger partial charge is 0.268 e. The number of carbonyl (C=O) groups excluding carboxylic acids is 1. The van der Waals surface area contributed by atoms with E-state index < -0.39 is 15.7 Å².